The summed E-state index contributed by atoms with van der Waals surface area (Å²) in [5.74, 6) is 1.28. The van der Waals surface area contributed by atoms with Gasteiger partial charge in [0.2, 0.25) is 0 Å². The van der Waals surface area contributed by atoms with Crippen LogP contribution >= 0.6 is 0 Å². The second kappa shape index (κ2) is 5.87. The van der Waals surface area contributed by atoms with Gasteiger partial charge in [-0.3, -0.25) is 0 Å². The highest BCUT2D eigenvalue weighted by Crippen LogP contribution is 2.25. The Hall–Kier alpha value is -1.63. The summed E-state index contributed by atoms with van der Waals surface area (Å²) in [5.41, 5.74) is -0.492. The van der Waals surface area contributed by atoms with Gasteiger partial charge < -0.3 is 19.2 Å². The predicted octanol–water partition coefficient (Wildman–Crippen LogP) is 1.90. The molecule has 0 saturated carbocycles. The lowest BCUT2D eigenvalue weighted by Crippen LogP contribution is -2.53. The molecule has 22 heavy (non-hydrogen) atoms. The first-order valence-electron chi connectivity index (χ1n) is 7.21. The van der Waals surface area contributed by atoms with Crippen LogP contribution in [0, 0.1) is 6.92 Å². The fraction of sp³-hybridized carbons (Fsp3) is 0.438. The molecule has 0 radical (unpaired) electrons. The fourth-order valence-electron chi connectivity index (χ4n) is 1.80. The molecule has 1 heterocycles. The smallest absolute Gasteiger partial charge is 0.441 e. The van der Waals surface area contributed by atoms with E-state index in [9.17, 15) is 10.1 Å². The van der Waals surface area contributed by atoms with Gasteiger partial charge in [-0.1, -0.05) is 24.3 Å². The molecule has 0 fully saturated rings. The van der Waals surface area contributed by atoms with E-state index in [0.29, 0.717) is 17.1 Å². The van der Waals surface area contributed by atoms with Gasteiger partial charge in [0, 0.05) is 12.5 Å². The number of nitrogens with zero attached hydrogens (tertiary/aromatic N) is 1. The molecule has 0 aliphatic rings. The highest BCUT2D eigenvalue weighted by Gasteiger charge is 2.39. The average molecular weight is 303 g/mol. The standard InChI is InChI=1S/C16H22BNO4/c1-11-18-10-14(21-11)12-6-8-13(9-7-12)17(20)22-16(4,5)15(2,3)19/h6-10,19-20H,1-5H3. The number of aromatic nitrogens is 1. The van der Waals surface area contributed by atoms with Crippen molar-refractivity contribution in [3.8, 4) is 11.3 Å². The summed E-state index contributed by atoms with van der Waals surface area (Å²) in [6.45, 7) is 8.56. The molecule has 2 rings (SSSR count). The van der Waals surface area contributed by atoms with E-state index < -0.39 is 18.3 Å². The van der Waals surface area contributed by atoms with Gasteiger partial charge in [0.25, 0.3) is 0 Å². The van der Waals surface area contributed by atoms with Gasteiger partial charge in [-0.25, -0.2) is 4.98 Å². The maximum absolute atomic E-state index is 10.2. The van der Waals surface area contributed by atoms with Crippen molar-refractivity contribution in [3.05, 3.63) is 36.4 Å². The Bertz CT molecular complexity index is 628. The highest BCUT2D eigenvalue weighted by molar-refractivity contribution is 6.60. The van der Waals surface area contributed by atoms with Gasteiger partial charge in [0.15, 0.2) is 11.7 Å². The second-order valence-corrected chi connectivity index (χ2v) is 6.41. The average Bonchev–Trinajstić information content (AvgIpc) is 2.84. The third-order valence-corrected chi connectivity index (χ3v) is 3.98. The van der Waals surface area contributed by atoms with E-state index in [0.717, 1.165) is 5.56 Å². The van der Waals surface area contributed by atoms with Crippen molar-refractivity contribution in [2.45, 2.75) is 45.8 Å². The molecule has 0 atom stereocenters. The van der Waals surface area contributed by atoms with Crippen LogP contribution in [0.15, 0.2) is 34.9 Å². The quantitative estimate of drug-likeness (QED) is 0.825. The van der Waals surface area contributed by atoms with Crippen LogP contribution in [0.4, 0.5) is 0 Å². The first-order valence-corrected chi connectivity index (χ1v) is 7.21. The van der Waals surface area contributed by atoms with Crippen LogP contribution in [0.3, 0.4) is 0 Å². The van der Waals surface area contributed by atoms with Crippen molar-refractivity contribution >= 4 is 12.6 Å². The summed E-state index contributed by atoms with van der Waals surface area (Å²) in [6, 6.07) is 7.19. The molecule has 1 aromatic heterocycles. The van der Waals surface area contributed by atoms with Crippen LogP contribution in [-0.4, -0.2) is 33.4 Å². The molecule has 2 aromatic rings. The monoisotopic (exact) mass is 303 g/mol. The van der Waals surface area contributed by atoms with Crippen LogP contribution in [0.25, 0.3) is 11.3 Å². The Kier molecular flexibility index (Phi) is 4.47. The highest BCUT2D eigenvalue weighted by atomic mass is 16.5. The number of hydrogen-bond acceptors (Lipinski definition) is 5. The lowest BCUT2D eigenvalue weighted by atomic mass is 9.76. The SMILES string of the molecule is Cc1ncc(-c2ccc(B(O)OC(C)(C)C(C)(C)O)cc2)o1. The zero-order valence-corrected chi connectivity index (χ0v) is 13.6. The summed E-state index contributed by atoms with van der Waals surface area (Å²) in [4.78, 5) is 4.06. The van der Waals surface area contributed by atoms with Gasteiger partial charge in [-0.2, -0.15) is 0 Å². The first-order chi connectivity index (χ1) is 10.1. The van der Waals surface area contributed by atoms with Crippen molar-refractivity contribution < 1.29 is 19.2 Å². The molecule has 0 bridgehead atoms. The molecule has 0 unspecified atom stereocenters. The lowest BCUT2D eigenvalue weighted by molar-refractivity contribution is -0.0982. The van der Waals surface area contributed by atoms with Crippen molar-refractivity contribution in [1.82, 2.24) is 4.98 Å². The topological polar surface area (TPSA) is 75.7 Å². The molecule has 0 spiro atoms. The number of hydrogen-bond donors (Lipinski definition) is 2. The zero-order chi connectivity index (χ0) is 16.5. The number of aliphatic hydroxyl groups is 1. The number of oxazole rings is 1. The van der Waals surface area contributed by atoms with Crippen molar-refractivity contribution in [2.75, 3.05) is 0 Å². The zero-order valence-electron chi connectivity index (χ0n) is 13.6. The van der Waals surface area contributed by atoms with Crippen molar-refractivity contribution in [1.29, 1.82) is 0 Å². The Morgan fingerprint density at radius 1 is 1.14 bits per heavy atom. The molecular weight excluding hydrogens is 281 g/mol. The van der Waals surface area contributed by atoms with E-state index >= 15 is 0 Å². The van der Waals surface area contributed by atoms with E-state index in [1.807, 2.05) is 12.1 Å². The minimum Gasteiger partial charge on any atom is -0.441 e. The maximum Gasteiger partial charge on any atom is 0.491 e. The normalized spacial score (nSPS) is 12.5. The second-order valence-electron chi connectivity index (χ2n) is 6.41. The van der Waals surface area contributed by atoms with Crippen LogP contribution in [0.2, 0.25) is 0 Å². The van der Waals surface area contributed by atoms with Gasteiger partial charge in [0.1, 0.15) is 0 Å². The molecule has 0 amide bonds. The van der Waals surface area contributed by atoms with E-state index in [2.05, 4.69) is 4.98 Å². The number of rotatable bonds is 5. The number of aryl methyl sites for hydroxylation is 1. The van der Waals surface area contributed by atoms with E-state index in [4.69, 9.17) is 9.07 Å². The largest absolute Gasteiger partial charge is 0.491 e. The Labute approximate surface area is 131 Å². The van der Waals surface area contributed by atoms with Crippen LogP contribution in [0.1, 0.15) is 33.6 Å². The Morgan fingerprint density at radius 3 is 2.18 bits per heavy atom. The molecule has 6 heteroatoms. The van der Waals surface area contributed by atoms with Crippen LogP contribution in [-0.2, 0) is 4.65 Å². The fourth-order valence-corrected chi connectivity index (χ4v) is 1.80. The van der Waals surface area contributed by atoms with E-state index in [1.165, 1.54) is 0 Å². The molecule has 5 nitrogen and oxygen atoms in total. The van der Waals surface area contributed by atoms with Crippen molar-refractivity contribution in [3.63, 3.8) is 0 Å². The van der Waals surface area contributed by atoms with Crippen LogP contribution in [0.5, 0.6) is 0 Å². The van der Waals surface area contributed by atoms with E-state index in [1.54, 1.807) is 52.9 Å². The summed E-state index contributed by atoms with van der Waals surface area (Å²) in [5, 5.41) is 20.3. The minimum absolute atomic E-state index is 0.606. The lowest BCUT2D eigenvalue weighted by Gasteiger charge is -2.38. The van der Waals surface area contributed by atoms with Gasteiger partial charge >= 0.3 is 7.12 Å². The third kappa shape index (κ3) is 3.58. The molecule has 0 aliphatic carbocycles. The minimum atomic E-state index is -1.12. The molecule has 2 N–H and O–H groups in total. The van der Waals surface area contributed by atoms with Crippen LogP contribution < -0.4 is 5.46 Å². The first kappa shape index (κ1) is 16.7. The van der Waals surface area contributed by atoms with Gasteiger partial charge in [-0.05, 0) is 33.2 Å². The molecular formula is C16H22BNO4. The molecule has 0 saturated heterocycles. The van der Waals surface area contributed by atoms with Gasteiger partial charge in [-0.15, -0.1) is 0 Å². The molecule has 1 aromatic carbocycles. The van der Waals surface area contributed by atoms with E-state index in [-0.39, 0.29) is 0 Å². The molecule has 0 aliphatic heterocycles. The summed E-state index contributed by atoms with van der Waals surface area (Å²) in [7, 11) is -1.12. The summed E-state index contributed by atoms with van der Waals surface area (Å²) in [6.07, 6.45) is 1.66. The van der Waals surface area contributed by atoms with Gasteiger partial charge in [0.05, 0.1) is 17.4 Å². The Morgan fingerprint density at radius 2 is 1.73 bits per heavy atom. The summed E-state index contributed by atoms with van der Waals surface area (Å²) >= 11 is 0. The van der Waals surface area contributed by atoms with Crippen molar-refractivity contribution in [2.24, 2.45) is 0 Å². The third-order valence-electron chi connectivity index (χ3n) is 3.98. The molecule has 118 valence electrons. The predicted molar refractivity (Wildman–Crippen MR) is 85.7 cm³/mol. The number of benzene rings is 1. The maximum atomic E-state index is 10.2. The Balaban J connectivity index is 2.13. The summed E-state index contributed by atoms with van der Waals surface area (Å²) < 4.78 is 11.1.